The molecule has 0 unspecified atom stereocenters. The number of carbonyl (C=O) groups is 2. The van der Waals surface area contributed by atoms with E-state index in [-0.39, 0.29) is 5.82 Å². The number of anilines is 1. The molecule has 0 saturated carbocycles. The monoisotopic (exact) mass is 375 g/mol. The maximum absolute atomic E-state index is 12.9. The lowest BCUT2D eigenvalue weighted by Crippen LogP contribution is -2.29. The van der Waals surface area contributed by atoms with Crippen molar-refractivity contribution in [1.82, 2.24) is 0 Å². The predicted molar refractivity (Wildman–Crippen MR) is 100 cm³/mol. The number of fused-ring (bicyclic) bond motifs is 1. The van der Waals surface area contributed by atoms with Gasteiger partial charge in [-0.1, -0.05) is 13.3 Å². The average molecular weight is 375 g/mol. The van der Waals surface area contributed by atoms with Crippen molar-refractivity contribution >= 4 is 28.9 Å². The molecule has 0 radical (unpaired) electrons. The number of halogens is 1. The highest BCUT2D eigenvalue weighted by atomic mass is 32.1. The van der Waals surface area contributed by atoms with E-state index in [4.69, 9.17) is 4.74 Å². The Balaban J connectivity index is 1.59. The summed E-state index contributed by atoms with van der Waals surface area (Å²) in [6, 6.07) is 7.34. The molecule has 1 amide bonds. The molecule has 1 aliphatic rings. The van der Waals surface area contributed by atoms with E-state index in [9.17, 15) is 14.0 Å². The van der Waals surface area contributed by atoms with E-state index in [0.717, 1.165) is 25.7 Å². The molecule has 0 fully saturated rings. The molecular weight excluding hydrogens is 353 g/mol. The number of hydrogen-bond acceptors (Lipinski definition) is 4. The molecule has 0 spiro atoms. The normalized spacial score (nSPS) is 17.3. The number of aryl methyl sites for hydroxylation is 1. The van der Waals surface area contributed by atoms with Crippen LogP contribution < -0.4 is 5.32 Å². The van der Waals surface area contributed by atoms with Gasteiger partial charge in [-0.05, 0) is 68.0 Å². The van der Waals surface area contributed by atoms with Crippen LogP contribution >= 0.6 is 11.3 Å². The van der Waals surface area contributed by atoms with Gasteiger partial charge in [0, 0.05) is 10.6 Å². The van der Waals surface area contributed by atoms with E-state index in [1.807, 2.05) is 6.07 Å². The van der Waals surface area contributed by atoms with Gasteiger partial charge in [-0.15, -0.1) is 11.3 Å². The molecule has 138 valence electrons. The van der Waals surface area contributed by atoms with Crippen LogP contribution in [0, 0.1) is 11.7 Å². The first-order valence-corrected chi connectivity index (χ1v) is 9.67. The minimum absolute atomic E-state index is 0.380. The first-order chi connectivity index (χ1) is 12.5. The van der Waals surface area contributed by atoms with Crippen LogP contribution in [0.15, 0.2) is 30.3 Å². The molecule has 26 heavy (non-hydrogen) atoms. The predicted octanol–water partition coefficient (Wildman–Crippen LogP) is 4.59. The molecule has 1 aliphatic carbocycles. The van der Waals surface area contributed by atoms with Gasteiger partial charge in [0.1, 0.15) is 10.7 Å². The lowest BCUT2D eigenvalue weighted by molar-refractivity contribution is -0.123. The van der Waals surface area contributed by atoms with Crippen molar-refractivity contribution in [2.24, 2.45) is 5.92 Å². The summed E-state index contributed by atoms with van der Waals surface area (Å²) < 4.78 is 18.2. The average Bonchev–Trinajstić information content (AvgIpc) is 3.06. The topological polar surface area (TPSA) is 55.4 Å². The van der Waals surface area contributed by atoms with Crippen molar-refractivity contribution in [3.63, 3.8) is 0 Å². The molecular formula is C20H22FNO3S. The molecule has 0 saturated heterocycles. The molecule has 3 rings (SSSR count). The van der Waals surface area contributed by atoms with Gasteiger partial charge in [0.05, 0.1) is 0 Å². The van der Waals surface area contributed by atoms with E-state index < -0.39 is 18.0 Å². The number of rotatable bonds is 5. The molecule has 1 heterocycles. The van der Waals surface area contributed by atoms with Crippen molar-refractivity contribution in [2.75, 3.05) is 5.32 Å². The molecule has 2 atom stereocenters. The SMILES string of the molecule is CC[C@H]1CCc2sc(C(=O)O[C@@H](C)C(=O)Nc3ccc(F)cc3)cc2C1. The highest BCUT2D eigenvalue weighted by Gasteiger charge is 2.25. The fraction of sp³-hybridized carbons (Fsp3) is 0.400. The van der Waals surface area contributed by atoms with E-state index in [2.05, 4.69) is 12.2 Å². The van der Waals surface area contributed by atoms with E-state index in [1.165, 1.54) is 53.0 Å². The van der Waals surface area contributed by atoms with Crippen molar-refractivity contribution in [1.29, 1.82) is 0 Å². The Bertz CT molecular complexity index is 800. The summed E-state index contributed by atoms with van der Waals surface area (Å²) in [5.74, 6) is -0.618. The van der Waals surface area contributed by atoms with Crippen LogP contribution in [-0.2, 0) is 22.4 Å². The fourth-order valence-corrected chi connectivity index (χ4v) is 4.19. The Hall–Kier alpha value is -2.21. The molecule has 0 aliphatic heterocycles. The number of benzene rings is 1. The third-order valence-corrected chi connectivity index (χ3v) is 5.95. The third kappa shape index (κ3) is 4.30. The molecule has 2 aromatic rings. The third-order valence-electron chi connectivity index (χ3n) is 4.73. The summed E-state index contributed by atoms with van der Waals surface area (Å²) in [5, 5.41) is 2.61. The Morgan fingerprint density at radius 2 is 2.08 bits per heavy atom. The van der Waals surface area contributed by atoms with Gasteiger partial charge < -0.3 is 10.1 Å². The highest BCUT2D eigenvalue weighted by Crippen LogP contribution is 2.33. The second-order valence-corrected chi connectivity index (χ2v) is 7.76. The lowest BCUT2D eigenvalue weighted by atomic mass is 9.87. The fourth-order valence-electron chi connectivity index (χ4n) is 3.10. The maximum Gasteiger partial charge on any atom is 0.349 e. The smallest absolute Gasteiger partial charge is 0.349 e. The van der Waals surface area contributed by atoms with Crippen molar-refractivity contribution in [3.05, 3.63) is 51.5 Å². The Morgan fingerprint density at radius 3 is 2.77 bits per heavy atom. The van der Waals surface area contributed by atoms with Crippen LogP contribution in [0.4, 0.5) is 10.1 Å². The number of esters is 1. The standard InChI is InChI=1S/C20H22FNO3S/c1-3-13-4-9-17-14(10-13)11-18(26-17)20(24)25-12(2)19(23)22-16-7-5-15(21)6-8-16/h5-8,11-13H,3-4,9-10H2,1-2H3,(H,22,23)/t12-,13-/m0/s1. The van der Waals surface area contributed by atoms with E-state index in [1.54, 1.807) is 0 Å². The van der Waals surface area contributed by atoms with Gasteiger partial charge >= 0.3 is 5.97 Å². The summed E-state index contributed by atoms with van der Waals surface area (Å²) in [6.45, 7) is 3.72. The summed E-state index contributed by atoms with van der Waals surface area (Å²) >= 11 is 1.47. The van der Waals surface area contributed by atoms with Crippen LogP contribution in [0.5, 0.6) is 0 Å². The second kappa shape index (κ2) is 7.99. The number of thiophene rings is 1. The zero-order valence-electron chi connectivity index (χ0n) is 14.9. The van der Waals surface area contributed by atoms with Gasteiger partial charge in [-0.2, -0.15) is 0 Å². The summed E-state index contributed by atoms with van der Waals surface area (Å²) in [5.41, 5.74) is 1.69. The Morgan fingerprint density at radius 1 is 1.35 bits per heavy atom. The van der Waals surface area contributed by atoms with Crippen molar-refractivity contribution in [2.45, 2.75) is 45.6 Å². The minimum atomic E-state index is -0.935. The quantitative estimate of drug-likeness (QED) is 0.778. The molecule has 1 aromatic carbocycles. The van der Waals surface area contributed by atoms with Gasteiger partial charge in [0.25, 0.3) is 5.91 Å². The van der Waals surface area contributed by atoms with Gasteiger partial charge in [0.15, 0.2) is 6.10 Å². The van der Waals surface area contributed by atoms with Crippen LogP contribution in [0.3, 0.4) is 0 Å². The summed E-state index contributed by atoms with van der Waals surface area (Å²) in [7, 11) is 0. The zero-order chi connectivity index (χ0) is 18.7. The largest absolute Gasteiger partial charge is 0.448 e. The van der Waals surface area contributed by atoms with Gasteiger partial charge in [0.2, 0.25) is 0 Å². The van der Waals surface area contributed by atoms with Gasteiger partial charge in [-0.25, -0.2) is 9.18 Å². The lowest BCUT2D eigenvalue weighted by Gasteiger charge is -2.19. The number of hydrogen-bond donors (Lipinski definition) is 1. The molecule has 0 bridgehead atoms. The van der Waals surface area contributed by atoms with Gasteiger partial charge in [-0.3, -0.25) is 4.79 Å². The minimum Gasteiger partial charge on any atom is -0.448 e. The number of nitrogens with one attached hydrogen (secondary N) is 1. The first kappa shape index (κ1) is 18.6. The first-order valence-electron chi connectivity index (χ1n) is 8.85. The summed E-state index contributed by atoms with van der Waals surface area (Å²) in [6.07, 6.45) is 3.39. The number of carbonyl (C=O) groups excluding carboxylic acids is 2. The number of amides is 1. The Kier molecular flexibility index (Phi) is 5.71. The molecule has 1 N–H and O–H groups in total. The van der Waals surface area contributed by atoms with Crippen LogP contribution in [0.2, 0.25) is 0 Å². The Labute approximate surface area is 156 Å². The van der Waals surface area contributed by atoms with Crippen LogP contribution in [0.1, 0.15) is 46.8 Å². The van der Waals surface area contributed by atoms with Crippen molar-refractivity contribution in [3.8, 4) is 0 Å². The molecule has 4 nitrogen and oxygen atoms in total. The molecule has 6 heteroatoms. The van der Waals surface area contributed by atoms with Crippen molar-refractivity contribution < 1.29 is 18.7 Å². The highest BCUT2D eigenvalue weighted by molar-refractivity contribution is 7.14. The molecule has 1 aromatic heterocycles. The maximum atomic E-state index is 12.9. The van der Waals surface area contributed by atoms with E-state index >= 15 is 0 Å². The summed E-state index contributed by atoms with van der Waals surface area (Å²) in [4.78, 5) is 26.3. The zero-order valence-corrected chi connectivity index (χ0v) is 15.7. The second-order valence-electron chi connectivity index (χ2n) is 6.62. The number of ether oxygens (including phenoxy) is 1. The van der Waals surface area contributed by atoms with Crippen LogP contribution in [0.25, 0.3) is 0 Å². The van der Waals surface area contributed by atoms with Crippen LogP contribution in [-0.4, -0.2) is 18.0 Å². The van der Waals surface area contributed by atoms with E-state index in [0.29, 0.717) is 16.5 Å².